The Morgan fingerprint density at radius 2 is 0.940 bits per heavy atom. The second kappa shape index (κ2) is 14.6. The lowest BCUT2D eigenvalue weighted by Gasteiger charge is -2.59. The molecule has 0 aromatic heterocycles. The zero-order valence-corrected chi connectivity index (χ0v) is 32.5. The molecule has 288 valence electrons. The average molecular weight is 689 g/mol. The van der Waals surface area contributed by atoms with Crippen molar-refractivity contribution >= 4 is 0 Å². The molecule has 0 aromatic carbocycles. The molecule has 0 saturated heterocycles. The first kappa shape index (κ1) is 40.7. The van der Waals surface area contributed by atoms with E-state index >= 15 is 0 Å². The van der Waals surface area contributed by atoms with Crippen LogP contribution >= 0.6 is 0 Å². The van der Waals surface area contributed by atoms with Crippen molar-refractivity contribution in [2.75, 3.05) is 0 Å². The molecule has 8 aliphatic carbocycles. The van der Waals surface area contributed by atoms with E-state index in [-0.39, 0.29) is 22.3 Å². The summed E-state index contributed by atoms with van der Waals surface area (Å²) in [6, 6.07) is 0. The number of allylic oxidation sites excluding steroid dienone is 4. The van der Waals surface area contributed by atoms with Gasteiger partial charge in [-0.1, -0.05) is 114 Å². The molecular formula is C50H88. The highest BCUT2D eigenvalue weighted by Gasteiger charge is 2.61. The van der Waals surface area contributed by atoms with Crippen LogP contribution in [0.5, 0.6) is 0 Å². The van der Waals surface area contributed by atoms with E-state index in [1.807, 2.05) is 11.1 Å². The lowest BCUT2D eigenvalue weighted by Crippen LogP contribution is -2.51. The Bertz CT molecular complexity index is 1140. The van der Waals surface area contributed by atoms with Crippen LogP contribution in [0.4, 0.5) is 0 Å². The van der Waals surface area contributed by atoms with Gasteiger partial charge < -0.3 is 0 Å². The van der Waals surface area contributed by atoms with Crippen molar-refractivity contribution in [1.82, 2.24) is 0 Å². The fraction of sp³-hybridized carbons (Fsp3) is 0.920. The molecule has 0 amide bonds. The Balaban J connectivity index is 0.00000162. The van der Waals surface area contributed by atoms with Gasteiger partial charge in [-0.25, -0.2) is 0 Å². The molecule has 16 atom stereocenters. The van der Waals surface area contributed by atoms with E-state index in [1.165, 1.54) is 122 Å². The van der Waals surface area contributed by atoms with Crippen LogP contribution < -0.4 is 0 Å². The van der Waals surface area contributed by atoms with E-state index in [1.54, 1.807) is 0 Å². The molecule has 0 radical (unpaired) electrons. The van der Waals surface area contributed by atoms with Crippen LogP contribution in [-0.4, -0.2) is 0 Å². The first-order chi connectivity index (χ1) is 22.5. The highest BCUT2D eigenvalue weighted by Crippen LogP contribution is 2.70. The minimum atomic E-state index is 0. The number of hydrogen-bond acceptors (Lipinski definition) is 0. The first-order valence-electron chi connectivity index (χ1n) is 21.8. The Morgan fingerprint density at radius 1 is 0.540 bits per heavy atom. The number of hydrogen-bond donors (Lipinski definition) is 0. The summed E-state index contributed by atoms with van der Waals surface area (Å²) in [5, 5.41) is 0. The van der Waals surface area contributed by atoms with Crippen LogP contribution in [-0.2, 0) is 0 Å². The molecule has 8 rings (SSSR count). The van der Waals surface area contributed by atoms with Crippen LogP contribution in [0.2, 0.25) is 0 Å². The van der Waals surface area contributed by atoms with Crippen LogP contribution in [0.15, 0.2) is 23.3 Å². The van der Waals surface area contributed by atoms with E-state index in [4.69, 9.17) is 0 Å². The van der Waals surface area contributed by atoms with E-state index in [0.29, 0.717) is 21.7 Å². The zero-order chi connectivity index (χ0) is 32.9. The van der Waals surface area contributed by atoms with Crippen LogP contribution in [0.25, 0.3) is 0 Å². The van der Waals surface area contributed by atoms with Gasteiger partial charge in [-0.2, -0.15) is 0 Å². The molecule has 50 heavy (non-hydrogen) atoms. The van der Waals surface area contributed by atoms with Gasteiger partial charge in [-0.15, -0.1) is 0 Å². The first-order valence-corrected chi connectivity index (χ1v) is 21.8. The normalized spacial score (nSPS) is 50.1. The second-order valence-electron chi connectivity index (χ2n) is 21.2. The van der Waals surface area contributed by atoms with Crippen LogP contribution in [0, 0.1) is 92.7 Å². The summed E-state index contributed by atoms with van der Waals surface area (Å²) in [5.74, 6) is 11.5. The molecule has 8 unspecified atom stereocenters. The predicted molar refractivity (Wildman–Crippen MR) is 221 cm³/mol. The van der Waals surface area contributed by atoms with Crippen molar-refractivity contribution < 1.29 is 0 Å². The average Bonchev–Trinajstić information content (AvgIpc) is 3.61. The maximum Gasteiger partial charge on any atom is -0.00851 e. The summed E-state index contributed by atoms with van der Waals surface area (Å²) >= 11 is 0. The van der Waals surface area contributed by atoms with E-state index < -0.39 is 0 Å². The van der Waals surface area contributed by atoms with Crippen molar-refractivity contribution in [3.05, 3.63) is 23.3 Å². The Labute approximate surface area is 314 Å². The third-order valence-corrected chi connectivity index (χ3v) is 19.8. The Hall–Kier alpha value is -0.520. The molecule has 6 saturated carbocycles. The largest absolute Gasteiger partial charge is 0.0845 e. The fourth-order valence-electron chi connectivity index (χ4n) is 17.0. The SMILES string of the molecule is C.C.C.CC[C@H]1CCC2(C)C(=CC[C@H]3C2CCC2(C)C([C@H](C)C[C@@H](C)C4CC[C@H]5[C@H]6CC=C7C[C@@H](CC)CCC7(C)C6CCC45C)CC[C@@H]32)C1. The van der Waals surface area contributed by atoms with Crippen molar-refractivity contribution in [3.63, 3.8) is 0 Å². The van der Waals surface area contributed by atoms with E-state index in [0.717, 1.165) is 71.0 Å². The second-order valence-corrected chi connectivity index (χ2v) is 21.2. The molecule has 8 aliphatic rings. The molecular weight excluding hydrogens is 601 g/mol. The molecule has 0 N–H and O–H groups in total. The fourth-order valence-corrected chi connectivity index (χ4v) is 17.0. The quantitative estimate of drug-likeness (QED) is 0.244. The van der Waals surface area contributed by atoms with Gasteiger partial charge >= 0.3 is 0 Å². The summed E-state index contributed by atoms with van der Waals surface area (Å²) in [5.41, 5.74) is 6.06. The van der Waals surface area contributed by atoms with Gasteiger partial charge in [0.1, 0.15) is 0 Å². The summed E-state index contributed by atoms with van der Waals surface area (Å²) in [7, 11) is 0. The van der Waals surface area contributed by atoms with Gasteiger partial charge in [0.05, 0.1) is 0 Å². The van der Waals surface area contributed by atoms with Gasteiger partial charge in [0, 0.05) is 0 Å². The lowest BCUT2D eigenvalue weighted by molar-refractivity contribution is -0.0619. The third-order valence-electron chi connectivity index (χ3n) is 19.8. The van der Waals surface area contributed by atoms with E-state index in [2.05, 4.69) is 67.5 Å². The minimum absolute atomic E-state index is 0. The predicted octanol–water partition coefficient (Wildman–Crippen LogP) is 15.8. The molecule has 0 spiro atoms. The zero-order valence-electron chi connectivity index (χ0n) is 32.5. The van der Waals surface area contributed by atoms with Crippen LogP contribution in [0.1, 0.15) is 200 Å². The summed E-state index contributed by atoms with van der Waals surface area (Å²) < 4.78 is 0. The smallest absolute Gasteiger partial charge is 0.00851 e. The molecule has 0 bridgehead atoms. The van der Waals surface area contributed by atoms with Gasteiger partial charge in [0.15, 0.2) is 0 Å². The third kappa shape index (κ3) is 5.93. The summed E-state index contributed by atoms with van der Waals surface area (Å²) in [6.07, 6.45) is 33.8. The van der Waals surface area contributed by atoms with Crippen molar-refractivity contribution in [2.24, 2.45) is 92.7 Å². The number of fused-ring (bicyclic) bond motifs is 10. The van der Waals surface area contributed by atoms with Crippen molar-refractivity contribution in [2.45, 2.75) is 200 Å². The molecule has 0 aromatic rings. The lowest BCUT2D eigenvalue weighted by atomic mass is 9.46. The van der Waals surface area contributed by atoms with Gasteiger partial charge in [-0.3, -0.25) is 0 Å². The molecule has 0 heteroatoms. The van der Waals surface area contributed by atoms with Gasteiger partial charge in [0.25, 0.3) is 0 Å². The summed E-state index contributed by atoms with van der Waals surface area (Å²) in [4.78, 5) is 0. The Kier molecular flexibility index (Phi) is 11.9. The maximum atomic E-state index is 2.82. The number of rotatable bonds is 6. The van der Waals surface area contributed by atoms with Gasteiger partial charge in [-0.05, 0) is 202 Å². The standard InChI is InChI=1S/C47H76.3CH4/c1-9-32-19-23-44(5)34(28-32)11-13-36-40-17-15-38(46(40,7)25-21-42(36)44)30(3)27-31(4)39-16-18-41-37-14-12-35-29-33(10-2)20-24-45(35,6)43(37)22-26-47(39,41)8;;;/h11-12,30-33,36-43H,9-10,13-29H2,1-8H3;3*1H4/t30-,31-,32+,33+,36-,37-,38?,39?,40+,41+,42?,43?,44?,45?,46?,47?;;;/m1.../s1. The topological polar surface area (TPSA) is 0 Å². The van der Waals surface area contributed by atoms with Gasteiger partial charge in [0.2, 0.25) is 0 Å². The van der Waals surface area contributed by atoms with E-state index in [9.17, 15) is 0 Å². The van der Waals surface area contributed by atoms with Crippen LogP contribution in [0.3, 0.4) is 0 Å². The van der Waals surface area contributed by atoms with Crippen molar-refractivity contribution in [3.8, 4) is 0 Å². The maximum absolute atomic E-state index is 2.82. The monoisotopic (exact) mass is 689 g/mol. The summed E-state index contributed by atoms with van der Waals surface area (Å²) in [6.45, 7) is 21.4. The molecule has 0 heterocycles. The molecule has 0 nitrogen and oxygen atoms in total. The minimum Gasteiger partial charge on any atom is -0.0845 e. The molecule has 0 aliphatic heterocycles. The Morgan fingerprint density at radius 3 is 1.32 bits per heavy atom. The highest BCUT2D eigenvalue weighted by atomic mass is 14.7. The highest BCUT2D eigenvalue weighted by molar-refractivity contribution is 5.26. The molecule has 6 fully saturated rings. The van der Waals surface area contributed by atoms with Crippen molar-refractivity contribution in [1.29, 1.82) is 0 Å².